The van der Waals surface area contributed by atoms with E-state index < -0.39 is 17.9 Å². The standard InChI is InChI=1S/C9H12O5/c1-12-4-5-13-3-2-7-6-8(10)14-9(7)11/h2-3,7H,4-6H2,1H3/b3-2-. The zero-order valence-corrected chi connectivity index (χ0v) is 7.89. The van der Waals surface area contributed by atoms with E-state index in [0.717, 1.165) is 0 Å². The predicted octanol–water partition coefficient (Wildman–Crippen LogP) is 0.253. The fourth-order valence-electron chi connectivity index (χ4n) is 0.989. The van der Waals surface area contributed by atoms with Gasteiger partial charge in [0.05, 0.1) is 25.2 Å². The number of carbonyl (C=O) groups is 2. The van der Waals surface area contributed by atoms with Gasteiger partial charge < -0.3 is 14.2 Å². The quantitative estimate of drug-likeness (QED) is 0.275. The van der Waals surface area contributed by atoms with Crippen molar-refractivity contribution < 1.29 is 23.8 Å². The summed E-state index contributed by atoms with van der Waals surface area (Å²) in [6.07, 6.45) is 3.01. The molecule has 1 atom stereocenters. The molecule has 1 unspecified atom stereocenters. The number of ether oxygens (including phenoxy) is 3. The number of methoxy groups -OCH3 is 1. The van der Waals surface area contributed by atoms with E-state index in [-0.39, 0.29) is 6.42 Å². The van der Waals surface area contributed by atoms with Gasteiger partial charge in [0.25, 0.3) is 0 Å². The van der Waals surface area contributed by atoms with Crippen LogP contribution in [0, 0.1) is 5.92 Å². The molecule has 0 aromatic carbocycles. The Morgan fingerprint density at radius 2 is 2.29 bits per heavy atom. The molecule has 1 rings (SSSR count). The van der Waals surface area contributed by atoms with Crippen molar-refractivity contribution in [2.75, 3.05) is 20.3 Å². The average Bonchev–Trinajstić information content (AvgIpc) is 2.45. The third kappa shape index (κ3) is 3.18. The molecule has 14 heavy (non-hydrogen) atoms. The zero-order chi connectivity index (χ0) is 10.4. The van der Waals surface area contributed by atoms with Crippen LogP contribution in [0.5, 0.6) is 0 Å². The second kappa shape index (κ2) is 5.39. The summed E-state index contributed by atoms with van der Waals surface area (Å²) >= 11 is 0. The van der Waals surface area contributed by atoms with Crippen LogP contribution in [0.25, 0.3) is 0 Å². The number of hydrogen-bond donors (Lipinski definition) is 0. The van der Waals surface area contributed by atoms with Crippen molar-refractivity contribution in [3.8, 4) is 0 Å². The number of cyclic esters (lactones) is 2. The molecule has 1 aliphatic heterocycles. The molecule has 5 nitrogen and oxygen atoms in total. The Bertz CT molecular complexity index is 246. The monoisotopic (exact) mass is 200 g/mol. The molecule has 1 heterocycles. The first kappa shape index (κ1) is 10.7. The summed E-state index contributed by atoms with van der Waals surface area (Å²) in [5.74, 6) is -1.49. The molecule has 0 aliphatic carbocycles. The predicted molar refractivity (Wildman–Crippen MR) is 46.2 cm³/mol. The summed E-state index contributed by atoms with van der Waals surface area (Å²) in [5, 5.41) is 0. The van der Waals surface area contributed by atoms with Gasteiger partial charge in [-0.25, -0.2) is 0 Å². The first-order chi connectivity index (χ1) is 6.74. The summed E-state index contributed by atoms with van der Waals surface area (Å²) in [7, 11) is 1.57. The van der Waals surface area contributed by atoms with Crippen molar-refractivity contribution in [3.05, 3.63) is 12.3 Å². The molecule has 0 aromatic heterocycles. The highest BCUT2D eigenvalue weighted by Crippen LogP contribution is 2.16. The number of rotatable bonds is 5. The van der Waals surface area contributed by atoms with E-state index in [0.29, 0.717) is 13.2 Å². The summed E-state index contributed by atoms with van der Waals surface area (Å²) < 4.78 is 14.1. The van der Waals surface area contributed by atoms with E-state index in [4.69, 9.17) is 9.47 Å². The maximum atomic E-state index is 10.9. The maximum absolute atomic E-state index is 10.9. The van der Waals surface area contributed by atoms with Crippen LogP contribution in [0.1, 0.15) is 6.42 Å². The molecule has 0 bridgehead atoms. The van der Waals surface area contributed by atoms with Gasteiger partial charge in [-0.1, -0.05) is 0 Å². The molecule has 0 saturated carbocycles. The molecule has 78 valence electrons. The Kier molecular flexibility index (Phi) is 4.12. The maximum Gasteiger partial charge on any atom is 0.321 e. The summed E-state index contributed by atoms with van der Waals surface area (Å²) in [6, 6.07) is 0. The third-order valence-electron chi connectivity index (χ3n) is 1.72. The largest absolute Gasteiger partial charge is 0.499 e. The van der Waals surface area contributed by atoms with E-state index >= 15 is 0 Å². The molecule has 0 aromatic rings. The fraction of sp³-hybridized carbons (Fsp3) is 0.556. The second-order valence-electron chi connectivity index (χ2n) is 2.80. The van der Waals surface area contributed by atoms with Crippen LogP contribution < -0.4 is 0 Å². The highest BCUT2D eigenvalue weighted by atomic mass is 16.6. The van der Waals surface area contributed by atoms with Gasteiger partial charge in [0.15, 0.2) is 0 Å². The van der Waals surface area contributed by atoms with E-state index in [1.165, 1.54) is 12.3 Å². The Labute approximate surface area is 81.6 Å². The average molecular weight is 200 g/mol. The van der Waals surface area contributed by atoms with E-state index in [1.807, 2.05) is 0 Å². The highest BCUT2D eigenvalue weighted by Gasteiger charge is 2.31. The lowest BCUT2D eigenvalue weighted by atomic mass is 10.1. The van der Waals surface area contributed by atoms with Gasteiger partial charge in [-0.3, -0.25) is 9.59 Å². The van der Waals surface area contributed by atoms with E-state index in [9.17, 15) is 9.59 Å². The lowest BCUT2D eigenvalue weighted by Crippen LogP contribution is -2.04. The van der Waals surface area contributed by atoms with Crippen molar-refractivity contribution in [2.24, 2.45) is 5.92 Å². The normalized spacial score (nSPS) is 21.6. The number of hydrogen-bond acceptors (Lipinski definition) is 5. The van der Waals surface area contributed by atoms with Gasteiger partial charge in [0.2, 0.25) is 0 Å². The fourth-order valence-corrected chi connectivity index (χ4v) is 0.989. The Balaban J connectivity index is 2.23. The van der Waals surface area contributed by atoms with Crippen LogP contribution in [-0.2, 0) is 23.8 Å². The topological polar surface area (TPSA) is 61.8 Å². The van der Waals surface area contributed by atoms with Gasteiger partial charge in [-0.2, -0.15) is 0 Å². The number of carbonyl (C=O) groups excluding carboxylic acids is 2. The van der Waals surface area contributed by atoms with Crippen molar-refractivity contribution in [1.82, 2.24) is 0 Å². The molecule has 0 N–H and O–H groups in total. The third-order valence-corrected chi connectivity index (χ3v) is 1.72. The molecule has 0 spiro atoms. The first-order valence-corrected chi connectivity index (χ1v) is 4.25. The molecule has 1 fully saturated rings. The Hall–Kier alpha value is -1.36. The minimum absolute atomic E-state index is 0.100. The van der Waals surface area contributed by atoms with Crippen molar-refractivity contribution in [2.45, 2.75) is 6.42 Å². The second-order valence-corrected chi connectivity index (χ2v) is 2.80. The van der Waals surface area contributed by atoms with Crippen LogP contribution in [0.3, 0.4) is 0 Å². The van der Waals surface area contributed by atoms with Crippen molar-refractivity contribution in [1.29, 1.82) is 0 Å². The number of esters is 2. The lowest BCUT2D eigenvalue weighted by Gasteiger charge is -1.99. The van der Waals surface area contributed by atoms with Gasteiger partial charge in [0, 0.05) is 7.11 Å². The minimum atomic E-state index is -0.512. The Morgan fingerprint density at radius 1 is 1.50 bits per heavy atom. The molecule has 1 saturated heterocycles. The van der Waals surface area contributed by atoms with Crippen molar-refractivity contribution in [3.63, 3.8) is 0 Å². The molecule has 0 amide bonds. The summed E-state index contributed by atoms with van der Waals surface area (Å²) in [5.41, 5.74) is 0. The molecular weight excluding hydrogens is 188 g/mol. The van der Waals surface area contributed by atoms with Crippen LogP contribution in [0.15, 0.2) is 12.3 Å². The SMILES string of the molecule is COCCO/C=C\C1CC(=O)OC1=O. The lowest BCUT2D eigenvalue weighted by molar-refractivity contribution is -0.152. The molecule has 1 aliphatic rings. The van der Waals surface area contributed by atoms with Gasteiger partial charge in [0.1, 0.15) is 6.61 Å². The van der Waals surface area contributed by atoms with E-state index in [1.54, 1.807) is 7.11 Å². The highest BCUT2D eigenvalue weighted by molar-refractivity contribution is 5.95. The van der Waals surface area contributed by atoms with Crippen molar-refractivity contribution >= 4 is 11.9 Å². The van der Waals surface area contributed by atoms with Gasteiger partial charge in [-0.05, 0) is 6.08 Å². The Morgan fingerprint density at radius 3 is 2.86 bits per heavy atom. The summed E-state index contributed by atoms with van der Waals surface area (Å²) in [4.78, 5) is 21.6. The van der Waals surface area contributed by atoms with Crippen LogP contribution in [0.2, 0.25) is 0 Å². The van der Waals surface area contributed by atoms with Crippen LogP contribution in [0.4, 0.5) is 0 Å². The van der Waals surface area contributed by atoms with E-state index in [2.05, 4.69) is 4.74 Å². The van der Waals surface area contributed by atoms with Crippen LogP contribution >= 0.6 is 0 Å². The minimum Gasteiger partial charge on any atom is -0.499 e. The molecule has 5 heteroatoms. The summed E-state index contributed by atoms with van der Waals surface area (Å²) in [6.45, 7) is 0.904. The molecular formula is C9H12O5. The smallest absolute Gasteiger partial charge is 0.321 e. The zero-order valence-electron chi connectivity index (χ0n) is 7.89. The van der Waals surface area contributed by atoms with Crippen LogP contribution in [-0.4, -0.2) is 32.3 Å². The van der Waals surface area contributed by atoms with Gasteiger partial charge >= 0.3 is 11.9 Å². The molecule has 0 radical (unpaired) electrons. The van der Waals surface area contributed by atoms with Gasteiger partial charge in [-0.15, -0.1) is 0 Å². The first-order valence-electron chi connectivity index (χ1n) is 4.25.